The zero-order valence-electron chi connectivity index (χ0n) is 19.3. The van der Waals surface area contributed by atoms with Gasteiger partial charge < -0.3 is 19.3 Å². The Morgan fingerprint density at radius 2 is 1.62 bits per heavy atom. The summed E-state index contributed by atoms with van der Waals surface area (Å²) in [7, 11) is 3.17. The number of rotatable bonds is 6. The Hall–Kier alpha value is -1.93. The second-order valence-corrected chi connectivity index (χ2v) is 10.0. The van der Waals surface area contributed by atoms with Crippen molar-refractivity contribution < 1.29 is 19.1 Å². The van der Waals surface area contributed by atoms with Gasteiger partial charge in [0.05, 0.1) is 25.8 Å². The predicted molar refractivity (Wildman–Crippen MR) is 127 cm³/mol. The molecule has 1 aromatic rings. The largest absolute Gasteiger partial charge is 0.497 e. The van der Waals surface area contributed by atoms with Crippen molar-refractivity contribution in [3.05, 3.63) is 23.8 Å². The Morgan fingerprint density at radius 1 is 0.938 bits per heavy atom. The van der Waals surface area contributed by atoms with Gasteiger partial charge in [-0.15, -0.1) is 0 Å². The summed E-state index contributed by atoms with van der Waals surface area (Å²) in [5.41, 5.74) is 0.552. The van der Waals surface area contributed by atoms with Gasteiger partial charge in [0.1, 0.15) is 11.5 Å². The molecule has 0 N–H and O–H groups in total. The molecule has 1 saturated carbocycles. The molecule has 7 nitrogen and oxygen atoms in total. The van der Waals surface area contributed by atoms with Crippen molar-refractivity contribution in [3.8, 4) is 11.5 Å². The molecule has 0 bridgehead atoms. The van der Waals surface area contributed by atoms with E-state index in [4.69, 9.17) is 9.47 Å². The van der Waals surface area contributed by atoms with E-state index in [0.29, 0.717) is 42.0 Å². The first-order valence-corrected chi connectivity index (χ1v) is 12.9. The van der Waals surface area contributed by atoms with Crippen LogP contribution in [-0.4, -0.2) is 97.5 Å². The molecule has 0 aromatic heterocycles. The van der Waals surface area contributed by atoms with E-state index in [9.17, 15) is 9.59 Å². The van der Waals surface area contributed by atoms with Gasteiger partial charge in [0.25, 0.3) is 5.91 Å². The minimum atomic E-state index is -0.0339. The fourth-order valence-corrected chi connectivity index (χ4v) is 6.15. The average molecular weight is 462 g/mol. The average Bonchev–Trinajstić information content (AvgIpc) is 3.38. The molecule has 176 valence electrons. The minimum absolute atomic E-state index is 0.0269. The number of nitrogens with zero attached hydrogens (tertiary/aromatic N) is 3. The lowest BCUT2D eigenvalue weighted by atomic mass is 9.94. The lowest BCUT2D eigenvalue weighted by Crippen LogP contribution is -2.59. The number of amides is 2. The van der Waals surface area contributed by atoms with Gasteiger partial charge in [0.2, 0.25) is 5.91 Å². The first-order chi connectivity index (χ1) is 15.6. The number of benzene rings is 1. The van der Waals surface area contributed by atoms with E-state index in [0.717, 1.165) is 50.5 Å². The Bertz CT molecular complexity index is 800. The van der Waals surface area contributed by atoms with Crippen LogP contribution in [0.15, 0.2) is 18.2 Å². The van der Waals surface area contributed by atoms with Gasteiger partial charge in [0, 0.05) is 56.8 Å². The van der Waals surface area contributed by atoms with Crippen molar-refractivity contribution in [2.75, 3.05) is 65.0 Å². The number of hydrogen-bond acceptors (Lipinski definition) is 6. The molecule has 32 heavy (non-hydrogen) atoms. The number of ether oxygens (including phenoxy) is 2. The molecule has 2 saturated heterocycles. The molecule has 0 radical (unpaired) electrons. The van der Waals surface area contributed by atoms with Crippen molar-refractivity contribution in [3.63, 3.8) is 0 Å². The third-order valence-corrected chi connectivity index (χ3v) is 8.00. The van der Waals surface area contributed by atoms with E-state index in [1.54, 1.807) is 32.4 Å². The number of carbonyl (C=O) groups excluding carboxylic acids is 2. The van der Waals surface area contributed by atoms with Crippen LogP contribution in [0.25, 0.3) is 0 Å². The van der Waals surface area contributed by atoms with Gasteiger partial charge in [-0.1, -0.05) is 12.8 Å². The Balaban J connectivity index is 1.43. The highest BCUT2D eigenvalue weighted by Gasteiger charge is 2.39. The van der Waals surface area contributed by atoms with Crippen molar-refractivity contribution in [2.24, 2.45) is 5.92 Å². The number of carbonyl (C=O) groups is 2. The summed E-state index contributed by atoms with van der Waals surface area (Å²) in [6, 6.07) is 5.27. The zero-order valence-corrected chi connectivity index (χ0v) is 20.1. The molecule has 8 heteroatoms. The van der Waals surface area contributed by atoms with Crippen LogP contribution in [0.5, 0.6) is 11.5 Å². The molecule has 1 aromatic carbocycles. The van der Waals surface area contributed by atoms with Crippen LogP contribution in [0, 0.1) is 5.92 Å². The topological polar surface area (TPSA) is 62.3 Å². The second-order valence-electron chi connectivity index (χ2n) is 8.82. The summed E-state index contributed by atoms with van der Waals surface area (Å²) < 4.78 is 10.7. The molecular weight excluding hydrogens is 426 g/mol. The maximum absolute atomic E-state index is 13.5. The normalized spacial score (nSPS) is 21.4. The molecule has 0 spiro atoms. The van der Waals surface area contributed by atoms with Crippen LogP contribution in [0.1, 0.15) is 36.0 Å². The van der Waals surface area contributed by atoms with Crippen LogP contribution in [0.2, 0.25) is 0 Å². The highest BCUT2D eigenvalue weighted by Crippen LogP contribution is 2.33. The van der Waals surface area contributed by atoms with E-state index in [2.05, 4.69) is 9.80 Å². The van der Waals surface area contributed by atoms with Gasteiger partial charge in [-0.25, -0.2) is 0 Å². The predicted octanol–water partition coefficient (Wildman–Crippen LogP) is 2.60. The first-order valence-electron chi connectivity index (χ1n) is 11.7. The van der Waals surface area contributed by atoms with Crippen molar-refractivity contribution in [1.82, 2.24) is 14.7 Å². The summed E-state index contributed by atoms with van der Waals surface area (Å²) >= 11 is 1.93. The molecule has 2 amide bonds. The zero-order chi connectivity index (χ0) is 22.5. The quantitative estimate of drug-likeness (QED) is 0.649. The van der Waals surface area contributed by atoms with E-state index in [1.165, 1.54) is 12.8 Å². The molecule has 3 fully saturated rings. The molecule has 1 aliphatic carbocycles. The van der Waals surface area contributed by atoms with Gasteiger partial charge in [-0.2, -0.15) is 11.8 Å². The summed E-state index contributed by atoms with van der Waals surface area (Å²) in [4.78, 5) is 33.1. The standard InChI is InChI=1S/C24H35N3O4S/c1-30-19-7-8-20(21(17-19)31-2)23(28)26-11-9-25(10-12-26)22(18-5-3-4-6-18)24(29)27-13-15-32-16-14-27/h7-8,17-18,22H,3-6,9-16H2,1-2H3. The molecule has 1 unspecified atom stereocenters. The maximum Gasteiger partial charge on any atom is 0.257 e. The summed E-state index contributed by atoms with van der Waals surface area (Å²) in [6.45, 7) is 4.45. The fourth-order valence-electron chi connectivity index (χ4n) is 5.25. The monoisotopic (exact) mass is 461 g/mol. The van der Waals surface area contributed by atoms with E-state index in [-0.39, 0.29) is 11.9 Å². The molecule has 4 rings (SSSR count). The molecule has 1 atom stereocenters. The van der Waals surface area contributed by atoms with Crippen molar-refractivity contribution in [2.45, 2.75) is 31.7 Å². The number of thioether (sulfide) groups is 1. The number of piperazine rings is 1. The highest BCUT2D eigenvalue weighted by atomic mass is 32.2. The molecular formula is C24H35N3O4S. The Labute approximate surface area is 195 Å². The van der Waals surface area contributed by atoms with Crippen LogP contribution in [-0.2, 0) is 4.79 Å². The summed E-state index contributed by atoms with van der Waals surface area (Å²) in [6.07, 6.45) is 4.72. The van der Waals surface area contributed by atoms with E-state index >= 15 is 0 Å². The van der Waals surface area contributed by atoms with Gasteiger partial charge in [-0.05, 0) is 30.9 Å². The van der Waals surface area contributed by atoms with Crippen molar-refractivity contribution in [1.29, 1.82) is 0 Å². The van der Waals surface area contributed by atoms with Crippen LogP contribution < -0.4 is 9.47 Å². The number of methoxy groups -OCH3 is 2. The summed E-state index contributed by atoms with van der Waals surface area (Å²) in [5, 5.41) is 0. The van der Waals surface area contributed by atoms with Gasteiger partial charge >= 0.3 is 0 Å². The van der Waals surface area contributed by atoms with Crippen LogP contribution in [0.3, 0.4) is 0 Å². The molecule has 3 aliphatic rings. The minimum Gasteiger partial charge on any atom is -0.497 e. The second kappa shape index (κ2) is 10.8. The Kier molecular flexibility index (Phi) is 7.84. The number of hydrogen-bond donors (Lipinski definition) is 0. The van der Waals surface area contributed by atoms with Gasteiger partial charge in [-0.3, -0.25) is 14.5 Å². The third-order valence-electron chi connectivity index (χ3n) is 7.06. The SMILES string of the molecule is COc1ccc(C(=O)N2CCN(C(C(=O)N3CCSCC3)C3CCCC3)CC2)c(OC)c1. The molecule has 2 heterocycles. The first kappa shape index (κ1) is 23.2. The van der Waals surface area contributed by atoms with Crippen LogP contribution >= 0.6 is 11.8 Å². The Morgan fingerprint density at radius 3 is 2.25 bits per heavy atom. The maximum atomic E-state index is 13.5. The van der Waals surface area contributed by atoms with Crippen LogP contribution in [0.4, 0.5) is 0 Å². The van der Waals surface area contributed by atoms with E-state index in [1.807, 2.05) is 16.7 Å². The highest BCUT2D eigenvalue weighted by molar-refractivity contribution is 7.99. The van der Waals surface area contributed by atoms with Crippen molar-refractivity contribution >= 4 is 23.6 Å². The lowest BCUT2D eigenvalue weighted by molar-refractivity contribution is -0.139. The lowest BCUT2D eigenvalue weighted by Gasteiger charge is -2.43. The van der Waals surface area contributed by atoms with E-state index < -0.39 is 0 Å². The summed E-state index contributed by atoms with van der Waals surface area (Å²) in [5.74, 6) is 4.00. The van der Waals surface area contributed by atoms with Gasteiger partial charge in [0.15, 0.2) is 0 Å². The third kappa shape index (κ3) is 5.01. The molecule has 2 aliphatic heterocycles. The smallest absolute Gasteiger partial charge is 0.257 e. The fraction of sp³-hybridized carbons (Fsp3) is 0.667.